The average molecular weight is 545 g/mol. The molecule has 34 heavy (non-hydrogen) atoms. The molecule has 2 heterocycles. The summed E-state index contributed by atoms with van der Waals surface area (Å²) in [6.45, 7) is 3.54. The van der Waals surface area contributed by atoms with Gasteiger partial charge in [-0.2, -0.15) is 0 Å². The Hall–Kier alpha value is -2.78. The van der Waals surface area contributed by atoms with E-state index in [9.17, 15) is 14.4 Å². The average Bonchev–Trinajstić information content (AvgIpc) is 3.44. The Morgan fingerprint density at radius 1 is 1.15 bits per heavy atom. The Bertz CT molecular complexity index is 1140. The molecule has 2 aliphatic rings. The van der Waals surface area contributed by atoms with Crippen molar-refractivity contribution in [3.05, 3.63) is 62.5 Å². The molecule has 178 valence electrons. The highest BCUT2D eigenvalue weighted by Crippen LogP contribution is 2.39. The monoisotopic (exact) mass is 544 g/mol. The van der Waals surface area contributed by atoms with Crippen molar-refractivity contribution in [2.75, 3.05) is 26.7 Å². The van der Waals surface area contributed by atoms with E-state index in [4.69, 9.17) is 9.47 Å². The third-order valence-corrected chi connectivity index (χ3v) is 7.18. The van der Waals surface area contributed by atoms with E-state index in [0.29, 0.717) is 41.2 Å². The highest BCUT2D eigenvalue weighted by molar-refractivity contribution is 9.10. The third kappa shape index (κ3) is 5.47. The van der Waals surface area contributed by atoms with Gasteiger partial charge in [0, 0.05) is 13.1 Å². The number of nitrogens with zero attached hydrogens (tertiary/aromatic N) is 2. The molecule has 0 aromatic heterocycles. The number of carbonyl (C=O) groups excluding carboxylic acids is 3. The topological polar surface area (TPSA) is 76.2 Å². The third-order valence-electron chi connectivity index (χ3n) is 5.68. The minimum atomic E-state index is -0.461. The van der Waals surface area contributed by atoms with E-state index in [1.165, 1.54) is 5.56 Å². The molecule has 0 radical (unpaired) electrons. The number of carbonyl (C=O) groups is 3. The van der Waals surface area contributed by atoms with Gasteiger partial charge in [0.25, 0.3) is 11.1 Å². The smallest absolute Gasteiger partial charge is 0.294 e. The molecule has 2 aromatic rings. The van der Waals surface area contributed by atoms with E-state index >= 15 is 0 Å². The first-order valence-corrected chi connectivity index (χ1v) is 12.6. The van der Waals surface area contributed by atoms with Crippen molar-refractivity contribution in [1.29, 1.82) is 0 Å². The zero-order valence-corrected chi connectivity index (χ0v) is 21.4. The van der Waals surface area contributed by atoms with Gasteiger partial charge in [0.05, 0.1) is 16.5 Å². The Kier molecular flexibility index (Phi) is 7.63. The summed E-state index contributed by atoms with van der Waals surface area (Å²) in [5.41, 5.74) is 2.88. The summed E-state index contributed by atoms with van der Waals surface area (Å²) >= 11 is 4.36. The molecular weight excluding hydrogens is 520 g/mol. The van der Waals surface area contributed by atoms with Crippen LogP contribution < -0.4 is 9.47 Å². The molecule has 0 atom stereocenters. The van der Waals surface area contributed by atoms with Gasteiger partial charge in [0.15, 0.2) is 11.5 Å². The molecule has 0 unspecified atom stereocenters. The van der Waals surface area contributed by atoms with Gasteiger partial charge >= 0.3 is 0 Å². The van der Waals surface area contributed by atoms with E-state index < -0.39 is 11.1 Å². The second kappa shape index (κ2) is 10.7. The number of hydrogen-bond donors (Lipinski definition) is 0. The molecule has 2 fully saturated rings. The predicted octanol–water partition coefficient (Wildman–Crippen LogP) is 5.00. The normalized spacial score (nSPS) is 17.1. The van der Waals surface area contributed by atoms with Crippen LogP contribution in [0.2, 0.25) is 0 Å². The van der Waals surface area contributed by atoms with Crippen molar-refractivity contribution in [3.63, 3.8) is 0 Å². The maximum absolute atomic E-state index is 12.8. The largest absolute Gasteiger partial charge is 0.493 e. The number of hydrogen-bond acceptors (Lipinski definition) is 6. The number of thioether (sulfide) groups is 1. The van der Waals surface area contributed by atoms with E-state index in [2.05, 4.69) is 15.9 Å². The number of imide groups is 1. The molecule has 0 spiro atoms. The zero-order valence-electron chi connectivity index (χ0n) is 19.0. The van der Waals surface area contributed by atoms with Crippen molar-refractivity contribution < 1.29 is 23.9 Å². The van der Waals surface area contributed by atoms with Gasteiger partial charge in [-0.25, -0.2) is 0 Å². The van der Waals surface area contributed by atoms with Gasteiger partial charge in [-0.1, -0.05) is 29.8 Å². The lowest BCUT2D eigenvalue weighted by Crippen LogP contribution is -2.40. The van der Waals surface area contributed by atoms with Crippen molar-refractivity contribution in [1.82, 2.24) is 9.80 Å². The Labute approximate surface area is 211 Å². The van der Waals surface area contributed by atoms with Crippen molar-refractivity contribution in [2.45, 2.75) is 26.4 Å². The van der Waals surface area contributed by atoms with Gasteiger partial charge in [-0.3, -0.25) is 19.3 Å². The Morgan fingerprint density at radius 3 is 2.53 bits per heavy atom. The highest BCUT2D eigenvalue weighted by atomic mass is 79.9. The number of benzene rings is 2. The molecule has 0 aliphatic carbocycles. The Balaban J connectivity index is 1.49. The number of halogens is 1. The van der Waals surface area contributed by atoms with Gasteiger partial charge in [-0.05, 0) is 76.8 Å². The first-order valence-electron chi connectivity index (χ1n) is 10.9. The maximum atomic E-state index is 12.8. The van der Waals surface area contributed by atoms with Crippen molar-refractivity contribution in [2.24, 2.45) is 0 Å². The summed E-state index contributed by atoms with van der Waals surface area (Å²) in [5, 5.41) is -0.437. The van der Waals surface area contributed by atoms with E-state index in [1.807, 2.05) is 31.2 Å². The van der Waals surface area contributed by atoms with E-state index in [1.54, 1.807) is 30.2 Å². The number of ether oxygens (including phenoxy) is 2. The van der Waals surface area contributed by atoms with Crippen molar-refractivity contribution >= 4 is 50.8 Å². The van der Waals surface area contributed by atoms with Gasteiger partial charge in [0.1, 0.15) is 13.2 Å². The first-order chi connectivity index (χ1) is 16.4. The summed E-state index contributed by atoms with van der Waals surface area (Å²) in [6, 6.07) is 11.6. The molecule has 7 nitrogen and oxygen atoms in total. The van der Waals surface area contributed by atoms with E-state index in [0.717, 1.165) is 35.1 Å². The number of likely N-dealkylation sites (tertiary alicyclic amines) is 1. The van der Waals surface area contributed by atoms with Gasteiger partial charge in [-0.15, -0.1) is 0 Å². The fourth-order valence-corrected chi connectivity index (χ4v) is 5.20. The fraction of sp³-hybridized carbons (Fsp3) is 0.320. The van der Waals surface area contributed by atoms with Crippen LogP contribution in [0, 0.1) is 6.92 Å². The summed E-state index contributed by atoms with van der Waals surface area (Å²) < 4.78 is 12.2. The lowest BCUT2D eigenvalue weighted by atomic mass is 10.1. The van der Waals surface area contributed by atoms with Crippen LogP contribution in [0.15, 0.2) is 45.8 Å². The second-order valence-electron chi connectivity index (χ2n) is 8.16. The highest BCUT2D eigenvalue weighted by Gasteiger charge is 2.37. The van der Waals surface area contributed by atoms with Crippen LogP contribution in [0.1, 0.15) is 29.5 Å². The standard InChI is InChI=1S/C25H25BrN2O5S/c1-16-5-7-17(8-6-16)15-33-23-19(26)11-18(12-20(23)32-2)13-21-24(30)28(25(31)34-21)14-22(29)27-9-3-4-10-27/h5-8,11-13H,3-4,9-10,14-15H2,1-2H3/b21-13+. The summed E-state index contributed by atoms with van der Waals surface area (Å²) in [6.07, 6.45) is 3.53. The summed E-state index contributed by atoms with van der Waals surface area (Å²) in [4.78, 5) is 40.7. The van der Waals surface area contributed by atoms with Crippen LogP contribution in [0.5, 0.6) is 11.5 Å². The van der Waals surface area contributed by atoms with Crippen LogP contribution in [-0.4, -0.2) is 53.6 Å². The molecule has 0 saturated carbocycles. The van der Waals surface area contributed by atoms with Crippen molar-refractivity contribution in [3.8, 4) is 11.5 Å². The number of methoxy groups -OCH3 is 1. The number of rotatable bonds is 7. The van der Waals surface area contributed by atoms with Crippen LogP contribution in [0.3, 0.4) is 0 Å². The summed E-state index contributed by atoms with van der Waals surface area (Å²) in [5.74, 6) is 0.388. The van der Waals surface area contributed by atoms with Crippen LogP contribution in [0.25, 0.3) is 6.08 Å². The fourth-order valence-electron chi connectivity index (χ4n) is 3.79. The molecule has 9 heteroatoms. The molecule has 2 aromatic carbocycles. The maximum Gasteiger partial charge on any atom is 0.294 e. The van der Waals surface area contributed by atoms with Crippen LogP contribution in [-0.2, 0) is 16.2 Å². The number of aryl methyl sites for hydroxylation is 1. The molecule has 3 amide bonds. The SMILES string of the molecule is COc1cc(/C=C2/SC(=O)N(CC(=O)N3CCCC3)C2=O)cc(Br)c1OCc1ccc(C)cc1. The molecule has 2 aliphatic heterocycles. The van der Waals surface area contributed by atoms with Crippen LogP contribution in [0.4, 0.5) is 4.79 Å². The minimum Gasteiger partial charge on any atom is -0.493 e. The van der Waals surface area contributed by atoms with Crippen LogP contribution >= 0.6 is 27.7 Å². The predicted molar refractivity (Wildman–Crippen MR) is 135 cm³/mol. The molecule has 2 saturated heterocycles. The number of amides is 3. The molecule has 0 bridgehead atoms. The summed E-state index contributed by atoms with van der Waals surface area (Å²) in [7, 11) is 1.54. The Morgan fingerprint density at radius 2 is 1.85 bits per heavy atom. The molecule has 4 rings (SSSR count). The minimum absolute atomic E-state index is 0.194. The quantitative estimate of drug-likeness (QED) is 0.456. The molecule has 0 N–H and O–H groups in total. The van der Waals surface area contributed by atoms with Gasteiger partial charge in [0.2, 0.25) is 5.91 Å². The van der Waals surface area contributed by atoms with Gasteiger partial charge < -0.3 is 14.4 Å². The lowest BCUT2D eigenvalue weighted by molar-refractivity contribution is -0.135. The molecular formula is C25H25BrN2O5S. The second-order valence-corrected chi connectivity index (χ2v) is 10.0. The first kappa shape index (κ1) is 24.3. The zero-order chi connectivity index (χ0) is 24.2. The lowest BCUT2D eigenvalue weighted by Gasteiger charge is -2.18. The van der Waals surface area contributed by atoms with E-state index in [-0.39, 0.29) is 17.4 Å².